The highest BCUT2D eigenvalue weighted by atomic mass is 16.2. The molecule has 5 nitrogen and oxygen atoms in total. The van der Waals surface area contributed by atoms with Crippen LogP contribution in [0.4, 0.5) is 0 Å². The Morgan fingerprint density at radius 2 is 2.47 bits per heavy atom. The summed E-state index contributed by atoms with van der Waals surface area (Å²) in [7, 11) is 3.74. The molecule has 1 N–H and O–H groups in total. The summed E-state index contributed by atoms with van der Waals surface area (Å²) in [4.78, 5) is 14.2. The highest BCUT2D eigenvalue weighted by molar-refractivity contribution is 5.95. The van der Waals surface area contributed by atoms with E-state index in [4.69, 9.17) is 0 Å². The van der Waals surface area contributed by atoms with E-state index in [0.29, 0.717) is 6.04 Å². The molecule has 0 radical (unpaired) electrons. The number of hydrogen-bond acceptors (Lipinski definition) is 3. The Balaban J connectivity index is 2.17. The number of aryl methyl sites for hydroxylation is 2. The first-order valence-corrected chi connectivity index (χ1v) is 6.14. The van der Waals surface area contributed by atoms with Gasteiger partial charge in [-0.2, -0.15) is 5.10 Å². The van der Waals surface area contributed by atoms with E-state index in [1.54, 1.807) is 4.68 Å². The van der Waals surface area contributed by atoms with Gasteiger partial charge in [-0.3, -0.25) is 9.48 Å². The van der Waals surface area contributed by atoms with E-state index in [0.717, 1.165) is 37.2 Å². The molecule has 17 heavy (non-hydrogen) atoms. The molecule has 0 aliphatic carbocycles. The average Bonchev–Trinajstić information content (AvgIpc) is 2.95. The van der Waals surface area contributed by atoms with E-state index in [-0.39, 0.29) is 5.91 Å². The molecule has 1 atom stereocenters. The summed E-state index contributed by atoms with van der Waals surface area (Å²) in [6.07, 6.45) is 3.64. The van der Waals surface area contributed by atoms with Gasteiger partial charge in [-0.25, -0.2) is 0 Å². The van der Waals surface area contributed by atoms with Gasteiger partial charge < -0.3 is 10.2 Å². The Bertz CT molecular complexity index is 407. The minimum absolute atomic E-state index is 0.0867. The van der Waals surface area contributed by atoms with Crippen molar-refractivity contribution in [1.82, 2.24) is 20.0 Å². The van der Waals surface area contributed by atoms with Gasteiger partial charge in [0.25, 0.3) is 5.91 Å². The zero-order valence-corrected chi connectivity index (χ0v) is 10.7. The van der Waals surface area contributed by atoms with Gasteiger partial charge in [-0.1, -0.05) is 6.92 Å². The third-order valence-corrected chi connectivity index (χ3v) is 3.37. The Labute approximate surface area is 102 Å². The monoisotopic (exact) mass is 236 g/mol. The first-order valence-electron chi connectivity index (χ1n) is 6.14. The van der Waals surface area contributed by atoms with Gasteiger partial charge in [0.05, 0.1) is 11.3 Å². The molecule has 2 rings (SSSR count). The van der Waals surface area contributed by atoms with Crippen LogP contribution < -0.4 is 5.32 Å². The molecular weight excluding hydrogens is 216 g/mol. The molecule has 1 fully saturated rings. The van der Waals surface area contributed by atoms with Crippen LogP contribution in [-0.4, -0.2) is 46.8 Å². The fourth-order valence-corrected chi connectivity index (χ4v) is 2.30. The van der Waals surface area contributed by atoms with Crippen molar-refractivity contribution in [2.24, 2.45) is 7.05 Å². The summed E-state index contributed by atoms with van der Waals surface area (Å²) >= 11 is 0. The summed E-state index contributed by atoms with van der Waals surface area (Å²) in [5.41, 5.74) is 1.62. The summed E-state index contributed by atoms with van der Waals surface area (Å²) < 4.78 is 1.72. The van der Waals surface area contributed by atoms with Gasteiger partial charge in [0.2, 0.25) is 0 Å². The lowest BCUT2D eigenvalue weighted by Crippen LogP contribution is -2.38. The predicted octanol–water partition coefficient (Wildman–Crippen LogP) is 0.416. The topological polar surface area (TPSA) is 50.2 Å². The summed E-state index contributed by atoms with van der Waals surface area (Å²) in [5, 5.41) is 7.59. The zero-order valence-electron chi connectivity index (χ0n) is 10.7. The van der Waals surface area contributed by atoms with Crippen LogP contribution in [0.15, 0.2) is 6.20 Å². The normalized spacial score (nSPS) is 19.6. The second-order valence-corrected chi connectivity index (χ2v) is 4.58. The number of hydrogen-bond donors (Lipinski definition) is 1. The van der Waals surface area contributed by atoms with Crippen LogP contribution >= 0.6 is 0 Å². The highest BCUT2D eigenvalue weighted by Crippen LogP contribution is 2.14. The smallest absolute Gasteiger partial charge is 0.257 e. The molecule has 1 saturated heterocycles. The van der Waals surface area contributed by atoms with E-state index >= 15 is 0 Å². The van der Waals surface area contributed by atoms with Gasteiger partial charge in [-0.05, 0) is 19.4 Å². The second-order valence-electron chi connectivity index (χ2n) is 4.58. The molecule has 1 aromatic heterocycles. The van der Waals surface area contributed by atoms with Crippen molar-refractivity contribution >= 4 is 5.91 Å². The maximum atomic E-state index is 12.4. The van der Waals surface area contributed by atoms with Crippen molar-refractivity contribution in [3.63, 3.8) is 0 Å². The van der Waals surface area contributed by atoms with E-state index < -0.39 is 0 Å². The Kier molecular flexibility index (Phi) is 3.47. The fourth-order valence-electron chi connectivity index (χ4n) is 2.30. The maximum absolute atomic E-state index is 12.4. The van der Waals surface area contributed by atoms with E-state index in [1.165, 1.54) is 0 Å². The van der Waals surface area contributed by atoms with Crippen molar-refractivity contribution in [3.8, 4) is 0 Å². The number of aromatic nitrogens is 2. The lowest BCUT2D eigenvalue weighted by Gasteiger charge is -2.23. The van der Waals surface area contributed by atoms with Crippen LogP contribution in [0, 0.1) is 0 Å². The minimum atomic E-state index is 0.0867. The lowest BCUT2D eigenvalue weighted by atomic mass is 10.1. The van der Waals surface area contributed by atoms with E-state index in [2.05, 4.69) is 10.4 Å². The Morgan fingerprint density at radius 1 is 1.71 bits per heavy atom. The van der Waals surface area contributed by atoms with Crippen LogP contribution in [0.5, 0.6) is 0 Å². The van der Waals surface area contributed by atoms with Crippen molar-refractivity contribution in [2.45, 2.75) is 25.8 Å². The van der Waals surface area contributed by atoms with Gasteiger partial charge >= 0.3 is 0 Å². The van der Waals surface area contributed by atoms with Crippen LogP contribution in [-0.2, 0) is 13.5 Å². The van der Waals surface area contributed by atoms with Crippen LogP contribution in [0.2, 0.25) is 0 Å². The molecule has 1 unspecified atom stereocenters. The molecule has 1 aliphatic heterocycles. The number of carbonyl (C=O) groups is 1. The number of nitrogens with one attached hydrogen (secondary N) is 1. The third-order valence-electron chi connectivity index (χ3n) is 3.37. The van der Waals surface area contributed by atoms with Crippen molar-refractivity contribution in [1.29, 1.82) is 0 Å². The molecule has 0 spiro atoms. The molecule has 0 saturated carbocycles. The number of nitrogens with zero attached hydrogens (tertiary/aromatic N) is 3. The molecule has 1 aromatic rings. The van der Waals surface area contributed by atoms with Gasteiger partial charge in [0, 0.05) is 32.9 Å². The van der Waals surface area contributed by atoms with Crippen molar-refractivity contribution in [2.75, 3.05) is 20.1 Å². The zero-order chi connectivity index (χ0) is 12.4. The molecule has 0 bridgehead atoms. The fraction of sp³-hybridized carbons (Fsp3) is 0.667. The maximum Gasteiger partial charge on any atom is 0.257 e. The summed E-state index contributed by atoms with van der Waals surface area (Å²) in [6.45, 7) is 3.91. The van der Waals surface area contributed by atoms with E-state index in [1.807, 2.05) is 32.1 Å². The van der Waals surface area contributed by atoms with E-state index in [9.17, 15) is 4.79 Å². The van der Waals surface area contributed by atoms with Gasteiger partial charge in [0.15, 0.2) is 0 Å². The quantitative estimate of drug-likeness (QED) is 0.827. The van der Waals surface area contributed by atoms with Gasteiger partial charge in [0.1, 0.15) is 0 Å². The number of rotatable bonds is 3. The van der Waals surface area contributed by atoms with Crippen LogP contribution in [0.1, 0.15) is 29.4 Å². The first kappa shape index (κ1) is 12.1. The second kappa shape index (κ2) is 4.87. The number of amides is 1. The highest BCUT2D eigenvalue weighted by Gasteiger charge is 2.26. The number of likely N-dealkylation sites (N-methyl/N-ethyl adjacent to an activating group) is 1. The Hall–Kier alpha value is -1.36. The standard InChI is InChI=1S/C12H20N4O/c1-4-11-10(8-15(2)14-11)12(17)16(3)9-5-6-13-7-9/h8-9,13H,4-7H2,1-3H3. The number of carbonyl (C=O) groups excluding carboxylic acids is 1. The average molecular weight is 236 g/mol. The molecule has 0 aromatic carbocycles. The van der Waals surface area contributed by atoms with Gasteiger partial charge in [-0.15, -0.1) is 0 Å². The summed E-state index contributed by atoms with van der Waals surface area (Å²) in [5.74, 6) is 0.0867. The largest absolute Gasteiger partial charge is 0.337 e. The third kappa shape index (κ3) is 2.34. The van der Waals surface area contributed by atoms with Crippen LogP contribution in [0.25, 0.3) is 0 Å². The molecule has 1 amide bonds. The predicted molar refractivity (Wildman–Crippen MR) is 66.0 cm³/mol. The lowest BCUT2D eigenvalue weighted by molar-refractivity contribution is 0.0742. The van der Waals surface area contributed by atoms with Crippen molar-refractivity contribution in [3.05, 3.63) is 17.5 Å². The molecule has 2 heterocycles. The van der Waals surface area contributed by atoms with Crippen molar-refractivity contribution < 1.29 is 4.79 Å². The van der Waals surface area contributed by atoms with Crippen LogP contribution in [0.3, 0.4) is 0 Å². The molecule has 5 heteroatoms. The molecule has 94 valence electrons. The first-order chi connectivity index (χ1) is 8.13. The molecule has 1 aliphatic rings. The molecular formula is C12H20N4O. The SMILES string of the molecule is CCc1nn(C)cc1C(=O)N(C)C1CCNC1. The summed E-state index contributed by atoms with van der Waals surface area (Å²) in [6, 6.07) is 0.312. The Morgan fingerprint density at radius 3 is 3.06 bits per heavy atom. The minimum Gasteiger partial charge on any atom is -0.337 e.